The lowest BCUT2D eigenvalue weighted by Gasteiger charge is -2.39. The number of hydrogen-bond donors (Lipinski definition) is 4. The van der Waals surface area contributed by atoms with Gasteiger partial charge in [-0.1, -0.05) is 19.1 Å². The number of amides is 1. The third-order valence-electron chi connectivity index (χ3n) is 5.93. The normalized spacial score (nSPS) is 30.0. The number of carbonyl (C=O) groups is 1. The van der Waals surface area contributed by atoms with Crippen LogP contribution in [-0.2, 0) is 9.53 Å². The number of piperazine rings is 1. The fraction of sp³-hybridized carbons (Fsp3) is 0.545. The van der Waals surface area contributed by atoms with E-state index in [0.717, 1.165) is 37.4 Å². The third kappa shape index (κ3) is 5.61. The van der Waals surface area contributed by atoms with Gasteiger partial charge in [-0.15, -0.1) is 0 Å². The molecule has 2 aliphatic heterocycles. The van der Waals surface area contributed by atoms with Crippen molar-refractivity contribution >= 4 is 17.7 Å². The highest BCUT2D eigenvalue weighted by atomic mass is 16.6. The van der Waals surface area contributed by atoms with E-state index in [4.69, 9.17) is 4.74 Å². The van der Waals surface area contributed by atoms with Gasteiger partial charge in [0.2, 0.25) is 0 Å². The number of hydrogen-bond acceptors (Lipinski definition) is 8. The molecule has 0 aromatic heterocycles. The van der Waals surface area contributed by atoms with Crippen LogP contribution in [0.4, 0.5) is 5.69 Å². The predicted molar refractivity (Wildman–Crippen MR) is 115 cm³/mol. The van der Waals surface area contributed by atoms with Gasteiger partial charge in [0.25, 0.3) is 5.91 Å². The highest BCUT2D eigenvalue weighted by Crippen LogP contribution is 2.24. The standard InChI is InChI=1S/C22H30N4O5/c1-14-19(27)20(28)18(31-22(14)30)13-24-21(29)16(12-23)11-15-3-5-17(6-4-15)26-9-7-25(2)8-10-26/h3-6,11,14,18-20,22,27-28,30H,7-10,13H2,1-2H3,(H,24,29)/b16-11+/t14-,18-,19-,20-,22?/m1/s1. The van der Waals surface area contributed by atoms with Crippen molar-refractivity contribution in [2.75, 3.05) is 44.7 Å². The van der Waals surface area contributed by atoms with E-state index in [1.165, 1.54) is 6.08 Å². The SMILES string of the molecule is C[C@H]1C(O)O[C@H](CNC(=O)/C(C#N)=C/c2ccc(N3CCN(C)CC3)cc2)[C@@H](O)[C@@H]1O. The zero-order chi connectivity index (χ0) is 22.5. The van der Waals surface area contributed by atoms with E-state index in [1.54, 1.807) is 6.92 Å². The first-order valence-electron chi connectivity index (χ1n) is 10.4. The molecule has 0 spiro atoms. The molecule has 5 atom stereocenters. The van der Waals surface area contributed by atoms with Gasteiger partial charge >= 0.3 is 0 Å². The van der Waals surface area contributed by atoms with E-state index in [1.807, 2.05) is 30.3 Å². The number of aliphatic hydroxyl groups is 3. The first kappa shape index (κ1) is 23.2. The smallest absolute Gasteiger partial charge is 0.262 e. The van der Waals surface area contributed by atoms with Crippen molar-refractivity contribution < 1.29 is 24.9 Å². The molecule has 1 amide bonds. The van der Waals surface area contributed by atoms with Crippen molar-refractivity contribution in [2.45, 2.75) is 31.5 Å². The van der Waals surface area contributed by atoms with Crippen molar-refractivity contribution in [1.82, 2.24) is 10.2 Å². The molecule has 1 aromatic carbocycles. The molecule has 0 bridgehead atoms. The molecule has 31 heavy (non-hydrogen) atoms. The molecule has 9 nitrogen and oxygen atoms in total. The van der Waals surface area contributed by atoms with Gasteiger partial charge in [0.15, 0.2) is 6.29 Å². The molecule has 2 fully saturated rings. The minimum Gasteiger partial charge on any atom is -0.390 e. The van der Waals surface area contributed by atoms with Crippen LogP contribution >= 0.6 is 0 Å². The zero-order valence-corrected chi connectivity index (χ0v) is 17.8. The van der Waals surface area contributed by atoms with E-state index < -0.39 is 36.4 Å². The van der Waals surface area contributed by atoms with E-state index in [2.05, 4.69) is 22.2 Å². The highest BCUT2D eigenvalue weighted by Gasteiger charge is 2.41. The Morgan fingerprint density at radius 3 is 2.45 bits per heavy atom. The van der Waals surface area contributed by atoms with Crippen LogP contribution in [0.3, 0.4) is 0 Å². The lowest BCUT2D eigenvalue weighted by atomic mass is 9.92. The molecule has 2 saturated heterocycles. The molecule has 3 rings (SSSR count). The van der Waals surface area contributed by atoms with Gasteiger partial charge in [-0.3, -0.25) is 4.79 Å². The highest BCUT2D eigenvalue weighted by molar-refractivity contribution is 6.01. The van der Waals surface area contributed by atoms with E-state index in [0.29, 0.717) is 0 Å². The van der Waals surface area contributed by atoms with Gasteiger partial charge in [0.1, 0.15) is 23.9 Å². The maximum atomic E-state index is 12.4. The Kier molecular flexibility index (Phi) is 7.64. The zero-order valence-electron chi connectivity index (χ0n) is 17.8. The lowest BCUT2D eigenvalue weighted by Crippen LogP contribution is -2.56. The number of nitrogens with one attached hydrogen (secondary N) is 1. The average Bonchev–Trinajstić information content (AvgIpc) is 2.78. The Labute approximate surface area is 182 Å². The van der Waals surface area contributed by atoms with Crippen LogP contribution in [0.2, 0.25) is 0 Å². The summed E-state index contributed by atoms with van der Waals surface area (Å²) in [6.45, 7) is 5.32. The van der Waals surface area contributed by atoms with E-state index in [9.17, 15) is 25.4 Å². The molecular formula is C22H30N4O5. The molecule has 168 valence electrons. The van der Waals surface area contributed by atoms with Gasteiger partial charge in [0.05, 0.1) is 6.10 Å². The van der Waals surface area contributed by atoms with Gasteiger partial charge < -0.3 is 35.2 Å². The molecule has 0 aliphatic carbocycles. The first-order chi connectivity index (χ1) is 14.8. The summed E-state index contributed by atoms with van der Waals surface area (Å²) in [5.74, 6) is -1.27. The molecule has 1 aromatic rings. The molecule has 2 heterocycles. The molecule has 4 N–H and O–H groups in total. The Morgan fingerprint density at radius 1 is 1.19 bits per heavy atom. The second kappa shape index (κ2) is 10.2. The summed E-state index contributed by atoms with van der Waals surface area (Å²) in [5, 5.41) is 41.8. The summed E-state index contributed by atoms with van der Waals surface area (Å²) in [6, 6.07) is 9.56. The maximum absolute atomic E-state index is 12.4. The molecule has 2 aliphatic rings. The van der Waals surface area contributed by atoms with Gasteiger partial charge in [-0.2, -0.15) is 5.26 Å². The number of nitriles is 1. The number of ether oxygens (including phenoxy) is 1. The van der Waals surface area contributed by atoms with Gasteiger partial charge in [0, 0.05) is 44.3 Å². The summed E-state index contributed by atoms with van der Waals surface area (Å²) in [5.41, 5.74) is 1.73. The fourth-order valence-electron chi connectivity index (χ4n) is 3.70. The number of nitrogens with zero attached hydrogens (tertiary/aromatic N) is 3. The van der Waals surface area contributed by atoms with Crippen molar-refractivity contribution in [2.24, 2.45) is 5.92 Å². The minimum atomic E-state index is -1.25. The monoisotopic (exact) mass is 430 g/mol. The van der Waals surface area contributed by atoms with Crippen LogP contribution in [-0.4, -0.2) is 90.5 Å². The molecule has 0 radical (unpaired) electrons. The second-order valence-electron chi connectivity index (χ2n) is 8.17. The van der Waals surface area contributed by atoms with Crippen LogP contribution in [0.1, 0.15) is 12.5 Å². The number of aliphatic hydroxyl groups excluding tert-OH is 3. The number of anilines is 1. The summed E-state index contributed by atoms with van der Waals surface area (Å²) in [6.07, 6.45) is -3.16. The maximum Gasteiger partial charge on any atom is 0.262 e. The number of likely N-dealkylation sites (N-methyl/N-ethyl adjacent to an activating group) is 1. The van der Waals surface area contributed by atoms with Crippen molar-refractivity contribution in [3.8, 4) is 6.07 Å². The third-order valence-corrected chi connectivity index (χ3v) is 5.93. The quantitative estimate of drug-likeness (QED) is 0.365. The fourth-order valence-corrected chi connectivity index (χ4v) is 3.70. The number of benzene rings is 1. The van der Waals surface area contributed by atoms with Gasteiger partial charge in [-0.25, -0.2) is 0 Å². The Bertz CT molecular complexity index is 829. The van der Waals surface area contributed by atoms with Crippen LogP contribution in [0.25, 0.3) is 6.08 Å². The van der Waals surface area contributed by atoms with E-state index >= 15 is 0 Å². The van der Waals surface area contributed by atoms with Crippen LogP contribution in [0, 0.1) is 17.2 Å². The summed E-state index contributed by atoms with van der Waals surface area (Å²) < 4.78 is 5.26. The Morgan fingerprint density at radius 2 is 1.84 bits per heavy atom. The topological polar surface area (TPSA) is 129 Å². The predicted octanol–water partition coefficient (Wildman–Crippen LogP) is -0.463. The van der Waals surface area contributed by atoms with Crippen LogP contribution < -0.4 is 10.2 Å². The molecule has 0 saturated carbocycles. The lowest BCUT2D eigenvalue weighted by molar-refractivity contribution is -0.258. The molecule has 1 unspecified atom stereocenters. The average molecular weight is 431 g/mol. The van der Waals surface area contributed by atoms with Crippen molar-refractivity contribution in [3.05, 3.63) is 35.4 Å². The Balaban J connectivity index is 1.59. The summed E-state index contributed by atoms with van der Waals surface area (Å²) in [7, 11) is 2.10. The minimum absolute atomic E-state index is 0.0906. The summed E-state index contributed by atoms with van der Waals surface area (Å²) in [4.78, 5) is 17.0. The number of rotatable bonds is 5. The first-order valence-corrected chi connectivity index (χ1v) is 10.4. The van der Waals surface area contributed by atoms with Gasteiger partial charge in [-0.05, 0) is 30.8 Å². The Hall–Kier alpha value is -2.48. The summed E-state index contributed by atoms with van der Waals surface area (Å²) >= 11 is 0. The molecular weight excluding hydrogens is 400 g/mol. The van der Waals surface area contributed by atoms with Crippen LogP contribution in [0.5, 0.6) is 0 Å². The largest absolute Gasteiger partial charge is 0.390 e. The number of carbonyl (C=O) groups excluding carboxylic acids is 1. The second-order valence-corrected chi connectivity index (χ2v) is 8.17. The van der Waals surface area contributed by atoms with Crippen LogP contribution in [0.15, 0.2) is 29.8 Å². The van der Waals surface area contributed by atoms with Crippen molar-refractivity contribution in [3.63, 3.8) is 0 Å². The molecule has 9 heteroatoms. The van der Waals surface area contributed by atoms with E-state index in [-0.39, 0.29) is 12.1 Å². The van der Waals surface area contributed by atoms with Crippen molar-refractivity contribution in [1.29, 1.82) is 5.26 Å².